The molecule has 0 amide bonds. The molecular weight excluding hydrogens is 198 g/mol. The lowest BCUT2D eigenvalue weighted by Gasteiger charge is -2.17. The van der Waals surface area contributed by atoms with Crippen molar-refractivity contribution in [2.75, 3.05) is 0 Å². The fourth-order valence-corrected chi connectivity index (χ4v) is 1.63. The summed E-state index contributed by atoms with van der Waals surface area (Å²) in [5.74, 6) is 1.27. The number of hydrogen-bond donors (Lipinski definition) is 0. The Kier molecular flexibility index (Phi) is 3.95. The predicted octanol–water partition coefficient (Wildman–Crippen LogP) is 3.78. The van der Waals surface area contributed by atoms with Gasteiger partial charge in [-0.05, 0) is 49.9 Å². The van der Waals surface area contributed by atoms with Gasteiger partial charge in [-0.25, -0.2) is 0 Å². The summed E-state index contributed by atoms with van der Waals surface area (Å²) < 4.78 is 5.78. The number of nitrogens with zero attached hydrogens (tertiary/aromatic N) is 1. The minimum atomic E-state index is 0.157. The van der Waals surface area contributed by atoms with Gasteiger partial charge in [-0.1, -0.05) is 13.8 Å². The summed E-state index contributed by atoms with van der Waals surface area (Å²) in [6.45, 7) is 10.2. The van der Waals surface area contributed by atoms with Crippen LogP contribution in [0.2, 0.25) is 0 Å². The van der Waals surface area contributed by atoms with Crippen LogP contribution in [0.1, 0.15) is 50.3 Å². The molecule has 2 nitrogen and oxygen atoms in total. The Morgan fingerprint density at radius 2 is 1.81 bits per heavy atom. The van der Waals surface area contributed by atoms with E-state index in [4.69, 9.17) is 10.00 Å². The number of hydrogen-bond acceptors (Lipinski definition) is 2. The van der Waals surface area contributed by atoms with Crippen LogP contribution >= 0.6 is 0 Å². The molecule has 1 aromatic rings. The highest BCUT2D eigenvalue weighted by Gasteiger charge is 2.12. The van der Waals surface area contributed by atoms with E-state index < -0.39 is 0 Å². The standard InChI is InChI=1S/C14H19NO/c1-9(2)13-7-12(8-15)11(5)6-14(13)16-10(3)4/h6-7,9-10H,1-5H3. The van der Waals surface area contributed by atoms with E-state index in [1.54, 1.807) is 0 Å². The molecule has 1 rings (SSSR count). The molecule has 0 aliphatic carbocycles. The summed E-state index contributed by atoms with van der Waals surface area (Å²) in [7, 11) is 0. The van der Waals surface area contributed by atoms with Crippen LogP contribution in [0, 0.1) is 18.3 Å². The smallest absolute Gasteiger partial charge is 0.123 e. The Bertz CT molecular complexity index is 413. The average Bonchev–Trinajstić information content (AvgIpc) is 2.16. The quantitative estimate of drug-likeness (QED) is 0.772. The van der Waals surface area contributed by atoms with Crippen molar-refractivity contribution in [1.82, 2.24) is 0 Å². The zero-order valence-electron chi connectivity index (χ0n) is 10.7. The minimum Gasteiger partial charge on any atom is -0.491 e. The van der Waals surface area contributed by atoms with E-state index in [9.17, 15) is 0 Å². The van der Waals surface area contributed by atoms with Gasteiger partial charge in [-0.15, -0.1) is 0 Å². The lowest BCUT2D eigenvalue weighted by molar-refractivity contribution is 0.239. The summed E-state index contributed by atoms with van der Waals surface area (Å²) in [4.78, 5) is 0. The number of nitriles is 1. The first-order chi connectivity index (χ1) is 7.45. The molecule has 0 radical (unpaired) electrons. The third kappa shape index (κ3) is 2.76. The fourth-order valence-electron chi connectivity index (χ4n) is 1.63. The average molecular weight is 217 g/mol. The molecule has 0 bridgehead atoms. The van der Waals surface area contributed by atoms with Crippen LogP contribution in [0.4, 0.5) is 0 Å². The van der Waals surface area contributed by atoms with E-state index in [-0.39, 0.29) is 6.10 Å². The van der Waals surface area contributed by atoms with Gasteiger partial charge in [0, 0.05) is 0 Å². The second-order valence-electron chi connectivity index (χ2n) is 4.64. The molecule has 0 N–H and O–H groups in total. The topological polar surface area (TPSA) is 33.0 Å². The largest absolute Gasteiger partial charge is 0.491 e. The molecule has 16 heavy (non-hydrogen) atoms. The van der Waals surface area contributed by atoms with Crippen molar-refractivity contribution < 1.29 is 4.74 Å². The number of ether oxygens (including phenoxy) is 1. The third-order valence-electron chi connectivity index (χ3n) is 2.46. The first-order valence-corrected chi connectivity index (χ1v) is 5.67. The number of rotatable bonds is 3. The van der Waals surface area contributed by atoms with Crippen molar-refractivity contribution in [3.63, 3.8) is 0 Å². The zero-order valence-corrected chi connectivity index (χ0v) is 10.7. The maximum atomic E-state index is 9.01. The molecule has 0 atom stereocenters. The Labute approximate surface area is 97.9 Å². The monoisotopic (exact) mass is 217 g/mol. The first-order valence-electron chi connectivity index (χ1n) is 5.67. The highest BCUT2D eigenvalue weighted by Crippen LogP contribution is 2.30. The second-order valence-corrected chi connectivity index (χ2v) is 4.64. The van der Waals surface area contributed by atoms with Gasteiger partial charge < -0.3 is 4.74 Å². The molecule has 0 saturated heterocycles. The van der Waals surface area contributed by atoms with Crippen molar-refractivity contribution in [3.8, 4) is 11.8 Å². The molecule has 2 heteroatoms. The predicted molar refractivity (Wildman–Crippen MR) is 65.7 cm³/mol. The van der Waals surface area contributed by atoms with Crippen LogP contribution in [-0.2, 0) is 0 Å². The lowest BCUT2D eigenvalue weighted by atomic mass is 9.97. The molecule has 0 saturated carbocycles. The molecule has 0 aliphatic heterocycles. The Morgan fingerprint density at radius 3 is 2.25 bits per heavy atom. The summed E-state index contributed by atoms with van der Waals surface area (Å²) >= 11 is 0. The second kappa shape index (κ2) is 5.03. The highest BCUT2D eigenvalue weighted by atomic mass is 16.5. The highest BCUT2D eigenvalue weighted by molar-refractivity contribution is 5.48. The van der Waals surface area contributed by atoms with Crippen LogP contribution < -0.4 is 4.74 Å². The molecule has 0 aromatic heterocycles. The van der Waals surface area contributed by atoms with E-state index in [0.717, 1.165) is 22.4 Å². The fraction of sp³-hybridized carbons (Fsp3) is 0.500. The minimum absolute atomic E-state index is 0.157. The van der Waals surface area contributed by atoms with Gasteiger partial charge in [0.2, 0.25) is 0 Å². The number of aryl methyl sites for hydroxylation is 1. The zero-order chi connectivity index (χ0) is 12.3. The summed E-state index contributed by atoms with van der Waals surface area (Å²) in [5, 5.41) is 9.01. The maximum absolute atomic E-state index is 9.01. The van der Waals surface area contributed by atoms with E-state index >= 15 is 0 Å². The van der Waals surface area contributed by atoms with E-state index in [1.807, 2.05) is 32.9 Å². The molecule has 1 aromatic carbocycles. The molecule has 0 aliphatic rings. The van der Waals surface area contributed by atoms with Gasteiger partial charge in [-0.3, -0.25) is 0 Å². The Morgan fingerprint density at radius 1 is 1.19 bits per heavy atom. The SMILES string of the molecule is Cc1cc(OC(C)C)c(C(C)C)cc1C#N. The molecule has 0 spiro atoms. The van der Waals surface area contributed by atoms with Crippen molar-refractivity contribution in [2.45, 2.75) is 46.6 Å². The van der Waals surface area contributed by atoms with E-state index in [1.165, 1.54) is 0 Å². The van der Waals surface area contributed by atoms with E-state index in [2.05, 4.69) is 19.9 Å². The van der Waals surface area contributed by atoms with Gasteiger partial charge in [-0.2, -0.15) is 5.26 Å². The molecule has 0 unspecified atom stereocenters. The molecule has 0 heterocycles. The van der Waals surface area contributed by atoms with Crippen LogP contribution in [0.3, 0.4) is 0 Å². The van der Waals surface area contributed by atoms with Crippen LogP contribution in [0.15, 0.2) is 12.1 Å². The normalized spacial score (nSPS) is 10.6. The van der Waals surface area contributed by atoms with Crippen molar-refractivity contribution >= 4 is 0 Å². The third-order valence-corrected chi connectivity index (χ3v) is 2.46. The van der Waals surface area contributed by atoms with Crippen molar-refractivity contribution in [2.24, 2.45) is 0 Å². The Hall–Kier alpha value is -1.49. The van der Waals surface area contributed by atoms with Gasteiger partial charge in [0.1, 0.15) is 5.75 Å². The molecule has 86 valence electrons. The lowest BCUT2D eigenvalue weighted by Crippen LogP contribution is -2.08. The van der Waals surface area contributed by atoms with Crippen LogP contribution in [0.25, 0.3) is 0 Å². The van der Waals surface area contributed by atoms with Crippen LogP contribution in [-0.4, -0.2) is 6.10 Å². The maximum Gasteiger partial charge on any atom is 0.123 e. The van der Waals surface area contributed by atoms with E-state index in [0.29, 0.717) is 5.92 Å². The van der Waals surface area contributed by atoms with Gasteiger partial charge in [0.15, 0.2) is 0 Å². The van der Waals surface area contributed by atoms with Crippen molar-refractivity contribution in [3.05, 3.63) is 28.8 Å². The van der Waals surface area contributed by atoms with Gasteiger partial charge in [0.05, 0.1) is 17.7 Å². The van der Waals surface area contributed by atoms with Gasteiger partial charge in [0.25, 0.3) is 0 Å². The van der Waals surface area contributed by atoms with Gasteiger partial charge >= 0.3 is 0 Å². The first kappa shape index (κ1) is 12.6. The summed E-state index contributed by atoms with van der Waals surface area (Å²) in [6, 6.07) is 6.12. The Balaban J connectivity index is 3.26. The molecule has 0 fully saturated rings. The molecular formula is C14H19NO. The van der Waals surface area contributed by atoms with Crippen molar-refractivity contribution in [1.29, 1.82) is 5.26 Å². The summed E-state index contributed by atoms with van der Waals surface area (Å²) in [6.07, 6.45) is 0.157. The number of benzene rings is 1. The van der Waals surface area contributed by atoms with Crippen LogP contribution in [0.5, 0.6) is 5.75 Å². The summed E-state index contributed by atoms with van der Waals surface area (Å²) in [5.41, 5.74) is 2.82.